The van der Waals surface area contributed by atoms with E-state index in [1.54, 1.807) is 18.7 Å². The zero-order valence-electron chi connectivity index (χ0n) is 8.52. The maximum atomic E-state index is 4.13. The first-order valence-electron chi connectivity index (χ1n) is 4.96. The molecule has 8 nitrogen and oxygen atoms in total. The minimum Gasteiger partial charge on any atom is -0.328 e. The minimum absolute atomic E-state index is 0.726. The van der Waals surface area contributed by atoms with Crippen LogP contribution in [0.3, 0.4) is 0 Å². The highest BCUT2D eigenvalue weighted by Gasteiger charge is 2.05. The number of aromatic nitrogens is 8. The second-order valence-corrected chi connectivity index (χ2v) is 3.54. The Bertz CT molecular complexity index is 850. The predicted octanol–water partition coefficient (Wildman–Crippen LogP) is -0.957. The van der Waals surface area contributed by atoms with Crippen LogP contribution >= 0.6 is 0 Å². The number of nitrogens with one attached hydrogen (secondary N) is 1. The molecule has 4 heterocycles. The van der Waals surface area contributed by atoms with E-state index >= 15 is 0 Å². The first-order chi connectivity index (χ1) is 8.42. The predicted molar refractivity (Wildman–Crippen MR) is 56.9 cm³/mol. The first-order valence-corrected chi connectivity index (χ1v) is 4.96. The highest BCUT2D eigenvalue weighted by atomic mass is 15.4. The van der Waals surface area contributed by atoms with Crippen LogP contribution in [0.5, 0.6) is 0 Å². The highest BCUT2D eigenvalue weighted by molar-refractivity contribution is 5.66. The van der Waals surface area contributed by atoms with Gasteiger partial charge in [0.25, 0.3) is 0 Å². The molecule has 17 heavy (non-hydrogen) atoms. The molecule has 4 rings (SSSR count). The Morgan fingerprint density at radius 2 is 2.00 bits per heavy atom. The van der Waals surface area contributed by atoms with E-state index in [1.807, 2.05) is 6.08 Å². The molecule has 0 aromatic carbocycles. The van der Waals surface area contributed by atoms with Crippen molar-refractivity contribution in [3.8, 4) is 0 Å². The second kappa shape index (κ2) is 2.88. The van der Waals surface area contributed by atoms with Gasteiger partial charge in [0.15, 0.2) is 11.3 Å². The third-order valence-electron chi connectivity index (χ3n) is 2.55. The molecular formula is C9H6N8. The van der Waals surface area contributed by atoms with E-state index in [1.165, 1.54) is 15.6 Å². The number of rotatable bonds is 1. The monoisotopic (exact) mass is 226 g/mol. The topological polar surface area (TPSA) is 89.1 Å². The molecular weight excluding hydrogens is 220 g/mol. The van der Waals surface area contributed by atoms with Gasteiger partial charge in [-0.3, -0.25) is 0 Å². The summed E-state index contributed by atoms with van der Waals surface area (Å²) in [7, 11) is 0. The Hall–Kier alpha value is -2.77. The van der Waals surface area contributed by atoms with Crippen molar-refractivity contribution in [2.24, 2.45) is 0 Å². The van der Waals surface area contributed by atoms with E-state index in [0.717, 1.165) is 22.1 Å². The molecule has 0 saturated carbocycles. The molecule has 0 saturated heterocycles. The van der Waals surface area contributed by atoms with Crippen molar-refractivity contribution in [3.63, 3.8) is 0 Å². The molecule has 0 unspecified atom stereocenters. The fraction of sp³-hybridized carbons (Fsp3) is 0. The van der Waals surface area contributed by atoms with Crippen LogP contribution in [0.25, 0.3) is 17.4 Å². The summed E-state index contributed by atoms with van der Waals surface area (Å²) in [6.45, 7) is 0. The Balaban J connectivity index is 2.03. The van der Waals surface area contributed by atoms with Crippen LogP contribution in [0.2, 0.25) is 0 Å². The van der Waals surface area contributed by atoms with Crippen molar-refractivity contribution in [2.75, 3.05) is 0 Å². The summed E-state index contributed by atoms with van der Waals surface area (Å²) in [6, 6.07) is 0. The molecule has 8 heteroatoms. The van der Waals surface area contributed by atoms with Crippen molar-refractivity contribution in [1.82, 2.24) is 39.6 Å². The van der Waals surface area contributed by atoms with Crippen LogP contribution in [0, 0.1) is 0 Å². The van der Waals surface area contributed by atoms with Gasteiger partial charge >= 0.3 is 0 Å². The van der Waals surface area contributed by atoms with Gasteiger partial charge < -0.3 is 4.98 Å². The molecule has 0 amide bonds. The van der Waals surface area contributed by atoms with E-state index in [0.29, 0.717) is 0 Å². The number of aromatic amines is 1. The molecule has 1 N–H and O–H groups in total. The van der Waals surface area contributed by atoms with Crippen LogP contribution < -0.4 is 5.22 Å². The Kier molecular flexibility index (Phi) is 1.42. The van der Waals surface area contributed by atoms with Gasteiger partial charge in [-0.1, -0.05) is 0 Å². The lowest BCUT2D eigenvalue weighted by atomic mass is 10.3. The molecule has 0 aliphatic carbocycles. The molecule has 82 valence electrons. The van der Waals surface area contributed by atoms with Gasteiger partial charge in [-0.25, -0.2) is 4.98 Å². The lowest BCUT2D eigenvalue weighted by Crippen LogP contribution is -1.98. The zero-order chi connectivity index (χ0) is 11.2. The lowest BCUT2D eigenvalue weighted by Gasteiger charge is -1.82. The number of H-pyrrole nitrogens is 1. The fourth-order valence-corrected chi connectivity index (χ4v) is 1.78. The number of hydrogen-bond acceptors (Lipinski definition) is 5. The van der Waals surface area contributed by atoms with Crippen molar-refractivity contribution in [3.05, 3.63) is 35.8 Å². The van der Waals surface area contributed by atoms with Gasteiger partial charge in [0.05, 0.1) is 12.4 Å². The number of nitrogens with zero attached hydrogens (tertiary/aromatic N) is 7. The van der Waals surface area contributed by atoms with E-state index in [2.05, 4.69) is 30.4 Å². The average Bonchev–Trinajstić information content (AvgIpc) is 3.03. The maximum Gasteiger partial charge on any atom is 0.184 e. The summed E-state index contributed by atoms with van der Waals surface area (Å²) >= 11 is 0. The van der Waals surface area contributed by atoms with Gasteiger partial charge in [0, 0.05) is 10.8 Å². The molecule has 4 aromatic rings. The van der Waals surface area contributed by atoms with Crippen LogP contribution in [-0.2, 0) is 0 Å². The van der Waals surface area contributed by atoms with Crippen molar-refractivity contribution >= 4 is 17.4 Å². The van der Waals surface area contributed by atoms with Crippen LogP contribution in [0.15, 0.2) is 25.0 Å². The minimum atomic E-state index is 0.726. The molecule has 0 bridgehead atoms. The van der Waals surface area contributed by atoms with E-state index < -0.39 is 0 Å². The largest absolute Gasteiger partial charge is 0.328 e. The quantitative estimate of drug-likeness (QED) is 0.451. The summed E-state index contributed by atoms with van der Waals surface area (Å²) in [5.41, 5.74) is 2.49. The molecule has 4 aromatic heterocycles. The lowest BCUT2D eigenvalue weighted by molar-refractivity contribution is 0.821. The van der Waals surface area contributed by atoms with Crippen molar-refractivity contribution in [1.29, 1.82) is 0 Å². The SMILES string of the molecule is C(/c1cnn2nc[nH]c12)=c1\cnn2ncnc12. The van der Waals surface area contributed by atoms with Gasteiger partial charge in [-0.2, -0.15) is 10.2 Å². The molecule has 0 spiro atoms. The van der Waals surface area contributed by atoms with E-state index in [4.69, 9.17) is 0 Å². The molecule has 0 radical (unpaired) electrons. The fourth-order valence-electron chi connectivity index (χ4n) is 1.78. The van der Waals surface area contributed by atoms with Crippen molar-refractivity contribution < 1.29 is 0 Å². The highest BCUT2D eigenvalue weighted by Crippen LogP contribution is 2.06. The number of fused-ring (bicyclic) bond motifs is 2. The smallest absolute Gasteiger partial charge is 0.184 e. The maximum absolute atomic E-state index is 4.13. The summed E-state index contributed by atoms with van der Waals surface area (Å²) in [5, 5.41) is 17.0. The van der Waals surface area contributed by atoms with Crippen molar-refractivity contribution in [2.45, 2.75) is 0 Å². The summed E-state index contributed by atoms with van der Waals surface area (Å²) in [6.07, 6.45) is 8.46. The van der Waals surface area contributed by atoms with Gasteiger partial charge in [0.2, 0.25) is 0 Å². The zero-order valence-corrected chi connectivity index (χ0v) is 8.52. The number of hydrogen-bond donors (Lipinski definition) is 1. The van der Waals surface area contributed by atoms with Gasteiger partial charge in [0.1, 0.15) is 12.7 Å². The van der Waals surface area contributed by atoms with Crippen LogP contribution in [-0.4, -0.2) is 39.6 Å². The third kappa shape index (κ3) is 1.08. The normalized spacial score (nSPS) is 13.1. The summed E-state index contributed by atoms with van der Waals surface area (Å²) in [4.78, 5) is 7.15. The Labute approximate surface area is 93.6 Å². The summed E-state index contributed by atoms with van der Waals surface area (Å²) < 4.78 is 3.02. The Morgan fingerprint density at radius 3 is 3.00 bits per heavy atom. The summed E-state index contributed by atoms with van der Waals surface area (Å²) in [5.74, 6) is 0. The van der Waals surface area contributed by atoms with E-state index in [-0.39, 0.29) is 0 Å². The molecule has 0 aliphatic heterocycles. The molecule has 0 atom stereocenters. The second-order valence-electron chi connectivity index (χ2n) is 3.54. The van der Waals surface area contributed by atoms with Gasteiger partial charge in [-0.15, -0.1) is 19.5 Å². The average molecular weight is 226 g/mol. The molecule has 0 aliphatic rings. The van der Waals surface area contributed by atoms with Crippen LogP contribution in [0.4, 0.5) is 0 Å². The standard InChI is InChI=1S/C9H6N8/c1(6-2-12-16-8(6)10-4-14-16)7-3-13-17-9(7)11-5-15-17/h1-5H,(H,10,14)/b7-1-. The molecule has 0 fully saturated rings. The Morgan fingerprint density at radius 1 is 1.06 bits per heavy atom. The van der Waals surface area contributed by atoms with Crippen LogP contribution in [0.1, 0.15) is 5.56 Å². The van der Waals surface area contributed by atoms with E-state index in [9.17, 15) is 0 Å². The first kappa shape index (κ1) is 8.39. The van der Waals surface area contributed by atoms with Gasteiger partial charge in [-0.05, 0) is 6.08 Å². The third-order valence-corrected chi connectivity index (χ3v) is 2.55.